The molecule has 0 bridgehead atoms. The lowest BCUT2D eigenvalue weighted by atomic mass is 9.81. The minimum atomic E-state index is -0.534. The second-order valence-corrected chi connectivity index (χ2v) is 8.06. The summed E-state index contributed by atoms with van der Waals surface area (Å²) in [6.45, 7) is 6.37. The first-order valence-electron chi connectivity index (χ1n) is 9.53. The average Bonchev–Trinajstić information content (AvgIpc) is 2.65. The van der Waals surface area contributed by atoms with Gasteiger partial charge in [-0.3, -0.25) is 14.4 Å². The number of carbonyl (C=O) groups is 3. The van der Waals surface area contributed by atoms with E-state index >= 15 is 0 Å². The molecule has 7 nitrogen and oxygen atoms in total. The maximum Gasteiger partial charge on any atom is 0.265 e. The molecule has 28 heavy (non-hydrogen) atoms. The van der Waals surface area contributed by atoms with Crippen LogP contribution in [0.25, 0.3) is 0 Å². The monoisotopic (exact) mass is 407 g/mol. The van der Waals surface area contributed by atoms with Crippen molar-refractivity contribution < 1.29 is 19.1 Å². The number of fused-ring (bicyclic) bond motifs is 1. The van der Waals surface area contributed by atoms with E-state index in [1.165, 1.54) is 0 Å². The molecule has 0 spiro atoms. The van der Waals surface area contributed by atoms with Gasteiger partial charge in [0, 0.05) is 37.7 Å². The van der Waals surface area contributed by atoms with Crippen LogP contribution in [0, 0.1) is 11.3 Å². The highest BCUT2D eigenvalue weighted by molar-refractivity contribution is 6.02. The lowest BCUT2D eigenvalue weighted by molar-refractivity contribution is -0.145. The zero-order valence-corrected chi connectivity index (χ0v) is 16.9. The summed E-state index contributed by atoms with van der Waals surface area (Å²) < 4.78 is 5.54. The highest BCUT2D eigenvalue weighted by atomic mass is 35.5. The van der Waals surface area contributed by atoms with E-state index in [4.69, 9.17) is 4.74 Å². The number of hydrogen-bond donors (Lipinski definition) is 2. The summed E-state index contributed by atoms with van der Waals surface area (Å²) in [6.07, 6.45) is 0.810. The van der Waals surface area contributed by atoms with Crippen LogP contribution in [0.15, 0.2) is 18.2 Å². The van der Waals surface area contributed by atoms with Crippen LogP contribution in [-0.2, 0) is 9.59 Å². The number of amides is 2. The van der Waals surface area contributed by atoms with Crippen molar-refractivity contribution in [3.05, 3.63) is 23.8 Å². The van der Waals surface area contributed by atoms with Gasteiger partial charge in [0.1, 0.15) is 5.75 Å². The normalized spacial score (nSPS) is 23.4. The number of ketones is 1. The molecule has 0 aliphatic carbocycles. The first kappa shape index (κ1) is 20.6. The number of halogens is 1. The summed E-state index contributed by atoms with van der Waals surface area (Å²) in [5.41, 5.74) is 0.833. The molecule has 2 saturated heterocycles. The molecule has 8 heteroatoms. The van der Waals surface area contributed by atoms with E-state index in [1.54, 1.807) is 25.1 Å². The summed E-state index contributed by atoms with van der Waals surface area (Å²) >= 11 is 0. The molecule has 0 saturated carbocycles. The van der Waals surface area contributed by atoms with Gasteiger partial charge in [0.15, 0.2) is 11.9 Å². The Labute approximate surface area is 170 Å². The highest BCUT2D eigenvalue weighted by Crippen LogP contribution is 2.33. The van der Waals surface area contributed by atoms with Crippen LogP contribution >= 0.6 is 12.4 Å². The smallest absolute Gasteiger partial charge is 0.265 e. The van der Waals surface area contributed by atoms with Crippen LogP contribution in [0.1, 0.15) is 37.0 Å². The molecule has 3 aliphatic rings. The summed E-state index contributed by atoms with van der Waals surface area (Å²) in [5.74, 6) is 0.530. The van der Waals surface area contributed by atoms with Crippen molar-refractivity contribution in [2.24, 2.45) is 11.3 Å². The summed E-state index contributed by atoms with van der Waals surface area (Å²) in [5, 5.41) is 5.94. The quantitative estimate of drug-likeness (QED) is 0.747. The van der Waals surface area contributed by atoms with Gasteiger partial charge in [-0.15, -0.1) is 12.4 Å². The Hall–Kier alpha value is -2.12. The van der Waals surface area contributed by atoms with Crippen molar-refractivity contribution in [3.63, 3.8) is 0 Å². The number of ether oxygens (including phenoxy) is 1. The van der Waals surface area contributed by atoms with Gasteiger partial charge in [0.2, 0.25) is 5.91 Å². The minimum Gasteiger partial charge on any atom is -0.479 e. The number of hydrogen-bond acceptors (Lipinski definition) is 5. The van der Waals surface area contributed by atoms with E-state index in [0.29, 0.717) is 42.9 Å². The van der Waals surface area contributed by atoms with Crippen molar-refractivity contribution in [1.82, 2.24) is 10.2 Å². The molecular weight excluding hydrogens is 382 g/mol. The first-order valence-corrected chi connectivity index (χ1v) is 9.53. The second-order valence-electron chi connectivity index (χ2n) is 8.06. The molecular formula is C20H26ClN3O4. The molecule has 1 atom stereocenters. The van der Waals surface area contributed by atoms with Crippen LogP contribution in [0.2, 0.25) is 0 Å². The molecule has 2 amide bonds. The minimum absolute atomic E-state index is 0. The van der Waals surface area contributed by atoms with Gasteiger partial charge in [-0.2, -0.15) is 0 Å². The standard InChI is InChI=1S/C20H25N3O4.ClH/c1-12-18(25)22-15-9-14(3-4-16(15)27-12)17(24)13-5-7-23(8-6-13)19(26)20(2)10-21-11-20;/h3-4,9,12-13,21H,5-8,10-11H2,1-2H3,(H,22,25);1H. The van der Waals surface area contributed by atoms with Crippen LogP contribution < -0.4 is 15.4 Å². The lowest BCUT2D eigenvalue weighted by Crippen LogP contribution is -2.61. The Morgan fingerprint density at radius 1 is 1.21 bits per heavy atom. The van der Waals surface area contributed by atoms with Crippen molar-refractivity contribution in [1.29, 1.82) is 0 Å². The fourth-order valence-corrected chi connectivity index (χ4v) is 3.98. The predicted molar refractivity (Wildman–Crippen MR) is 107 cm³/mol. The molecule has 3 aliphatic heterocycles. The van der Waals surface area contributed by atoms with E-state index in [-0.39, 0.29) is 41.3 Å². The van der Waals surface area contributed by atoms with Gasteiger partial charge in [-0.05, 0) is 44.9 Å². The highest BCUT2D eigenvalue weighted by Gasteiger charge is 2.43. The largest absolute Gasteiger partial charge is 0.479 e. The molecule has 1 unspecified atom stereocenters. The van der Waals surface area contributed by atoms with Crippen molar-refractivity contribution in [2.75, 3.05) is 31.5 Å². The van der Waals surface area contributed by atoms with E-state index in [0.717, 1.165) is 13.1 Å². The molecule has 152 valence electrons. The van der Waals surface area contributed by atoms with Crippen LogP contribution in [0.5, 0.6) is 5.75 Å². The van der Waals surface area contributed by atoms with Crippen LogP contribution in [0.3, 0.4) is 0 Å². The fourth-order valence-electron chi connectivity index (χ4n) is 3.98. The molecule has 0 aromatic heterocycles. The van der Waals surface area contributed by atoms with E-state index < -0.39 is 6.10 Å². The maximum atomic E-state index is 12.9. The Bertz CT molecular complexity index is 801. The lowest BCUT2D eigenvalue weighted by Gasteiger charge is -2.43. The van der Waals surface area contributed by atoms with Crippen molar-refractivity contribution in [3.8, 4) is 5.75 Å². The molecule has 3 heterocycles. The van der Waals surface area contributed by atoms with Gasteiger partial charge in [0.05, 0.1) is 11.1 Å². The maximum absolute atomic E-state index is 12.9. The molecule has 2 N–H and O–H groups in total. The zero-order chi connectivity index (χ0) is 19.2. The van der Waals surface area contributed by atoms with E-state index in [2.05, 4.69) is 10.6 Å². The van der Waals surface area contributed by atoms with E-state index in [1.807, 2.05) is 11.8 Å². The average molecular weight is 408 g/mol. The molecule has 4 rings (SSSR count). The third-order valence-electron chi connectivity index (χ3n) is 5.89. The summed E-state index contributed by atoms with van der Waals surface area (Å²) in [6, 6.07) is 5.19. The Morgan fingerprint density at radius 3 is 2.50 bits per heavy atom. The number of nitrogens with zero attached hydrogens (tertiary/aromatic N) is 1. The van der Waals surface area contributed by atoms with Crippen molar-refractivity contribution >= 4 is 35.7 Å². The topological polar surface area (TPSA) is 87.7 Å². The molecule has 1 aromatic carbocycles. The third kappa shape index (κ3) is 3.61. The molecule has 2 fully saturated rings. The SMILES string of the molecule is CC1Oc2ccc(C(=O)C3CCN(C(=O)C4(C)CNC4)CC3)cc2NC1=O.Cl. The zero-order valence-electron chi connectivity index (χ0n) is 16.1. The fraction of sp³-hybridized carbons (Fsp3) is 0.550. The summed E-state index contributed by atoms with van der Waals surface area (Å²) in [4.78, 5) is 39.2. The number of nitrogens with one attached hydrogen (secondary N) is 2. The number of anilines is 1. The van der Waals surface area contributed by atoms with Gasteiger partial charge < -0.3 is 20.3 Å². The molecule has 0 radical (unpaired) electrons. The van der Waals surface area contributed by atoms with E-state index in [9.17, 15) is 14.4 Å². The number of Topliss-reactive ketones (excluding diaryl/α,β-unsaturated/α-hetero) is 1. The first-order chi connectivity index (χ1) is 12.9. The van der Waals surface area contributed by atoms with Gasteiger partial charge >= 0.3 is 0 Å². The van der Waals surface area contributed by atoms with Gasteiger partial charge in [-0.25, -0.2) is 0 Å². The Kier molecular flexibility index (Phi) is 5.68. The van der Waals surface area contributed by atoms with Crippen molar-refractivity contribution in [2.45, 2.75) is 32.8 Å². The summed E-state index contributed by atoms with van der Waals surface area (Å²) in [7, 11) is 0. The van der Waals surface area contributed by atoms with Gasteiger partial charge in [0.25, 0.3) is 5.91 Å². The predicted octanol–water partition coefficient (Wildman–Crippen LogP) is 1.86. The number of likely N-dealkylation sites (tertiary alicyclic amines) is 1. The number of rotatable bonds is 3. The van der Waals surface area contributed by atoms with Gasteiger partial charge in [-0.1, -0.05) is 0 Å². The van der Waals surface area contributed by atoms with Crippen LogP contribution in [-0.4, -0.2) is 54.8 Å². The second kappa shape index (κ2) is 7.72. The number of piperidine rings is 1. The Morgan fingerprint density at radius 2 is 1.89 bits per heavy atom. The number of benzene rings is 1. The van der Waals surface area contributed by atoms with Crippen LogP contribution in [0.4, 0.5) is 5.69 Å². The third-order valence-corrected chi connectivity index (χ3v) is 5.89. The molecule has 1 aromatic rings. The number of carbonyl (C=O) groups excluding carboxylic acids is 3. The Balaban J connectivity index is 0.00000225.